The van der Waals surface area contributed by atoms with Crippen LogP contribution in [0.1, 0.15) is 31.4 Å². The van der Waals surface area contributed by atoms with Crippen LogP contribution >= 0.6 is 0 Å². The molecule has 1 amide bonds. The first kappa shape index (κ1) is 13.2. The zero-order valence-corrected chi connectivity index (χ0v) is 11.6. The molecule has 3 N–H and O–H groups in total. The van der Waals surface area contributed by atoms with Crippen LogP contribution < -0.4 is 5.32 Å². The van der Waals surface area contributed by atoms with Crippen LogP contribution in [0, 0.1) is 12.8 Å². The van der Waals surface area contributed by atoms with Gasteiger partial charge in [-0.25, -0.2) is 0 Å². The Labute approximate surface area is 118 Å². The summed E-state index contributed by atoms with van der Waals surface area (Å²) in [6.45, 7) is 2.01. The Kier molecular flexibility index (Phi) is 3.49. The fourth-order valence-electron chi connectivity index (χ4n) is 2.97. The number of aliphatic hydroxyl groups is 1. The molecule has 1 heterocycles. The van der Waals surface area contributed by atoms with E-state index in [1.807, 2.05) is 25.1 Å². The van der Waals surface area contributed by atoms with Gasteiger partial charge in [0.2, 0.25) is 5.91 Å². The Morgan fingerprint density at radius 2 is 2.05 bits per heavy atom. The SMILES string of the molecule is Cc1cc2cccc(NC(=O)C3CCC(O)CC3)c2[nH]1. The summed E-state index contributed by atoms with van der Waals surface area (Å²) in [7, 11) is 0. The van der Waals surface area contributed by atoms with E-state index in [2.05, 4.69) is 16.4 Å². The number of carbonyl (C=O) groups is 1. The average molecular weight is 272 g/mol. The van der Waals surface area contributed by atoms with Crippen LogP contribution in [0.4, 0.5) is 5.69 Å². The highest BCUT2D eigenvalue weighted by molar-refractivity contribution is 6.01. The number of fused-ring (bicyclic) bond motifs is 1. The van der Waals surface area contributed by atoms with Crippen LogP contribution in [0.25, 0.3) is 10.9 Å². The van der Waals surface area contributed by atoms with Gasteiger partial charge >= 0.3 is 0 Å². The predicted molar refractivity (Wildman–Crippen MR) is 79.6 cm³/mol. The van der Waals surface area contributed by atoms with Crippen molar-refractivity contribution in [3.05, 3.63) is 30.0 Å². The molecule has 1 aliphatic carbocycles. The van der Waals surface area contributed by atoms with Gasteiger partial charge < -0.3 is 15.4 Å². The lowest BCUT2D eigenvalue weighted by Gasteiger charge is -2.24. The van der Waals surface area contributed by atoms with Gasteiger partial charge in [-0.2, -0.15) is 0 Å². The molecule has 0 saturated heterocycles. The van der Waals surface area contributed by atoms with Crippen molar-refractivity contribution in [3.63, 3.8) is 0 Å². The van der Waals surface area contributed by atoms with Crippen LogP contribution in [0.15, 0.2) is 24.3 Å². The molecule has 3 rings (SSSR count). The lowest BCUT2D eigenvalue weighted by Crippen LogP contribution is -2.28. The van der Waals surface area contributed by atoms with Crippen LogP contribution in [-0.4, -0.2) is 22.1 Å². The predicted octanol–water partition coefficient (Wildman–Crippen LogP) is 2.97. The number of aromatic nitrogens is 1. The third kappa shape index (κ3) is 2.56. The van der Waals surface area contributed by atoms with Crippen molar-refractivity contribution in [2.75, 3.05) is 5.32 Å². The molecule has 4 nitrogen and oxygen atoms in total. The maximum absolute atomic E-state index is 12.3. The van der Waals surface area contributed by atoms with Gasteiger partial charge in [-0.15, -0.1) is 0 Å². The van der Waals surface area contributed by atoms with Gasteiger partial charge in [-0.05, 0) is 44.7 Å². The molecule has 1 aromatic heterocycles. The zero-order valence-electron chi connectivity index (χ0n) is 11.6. The molecule has 106 valence electrons. The third-order valence-corrected chi connectivity index (χ3v) is 4.12. The Morgan fingerprint density at radius 1 is 1.30 bits per heavy atom. The minimum atomic E-state index is -0.228. The number of amides is 1. The number of hydrogen-bond donors (Lipinski definition) is 3. The fraction of sp³-hybridized carbons (Fsp3) is 0.438. The summed E-state index contributed by atoms with van der Waals surface area (Å²) < 4.78 is 0. The zero-order chi connectivity index (χ0) is 14.1. The average Bonchev–Trinajstić information content (AvgIpc) is 2.81. The van der Waals surface area contributed by atoms with Crippen LogP contribution in [0.5, 0.6) is 0 Å². The number of aliphatic hydroxyl groups excluding tert-OH is 1. The number of aromatic amines is 1. The van der Waals surface area contributed by atoms with Crippen molar-refractivity contribution in [1.82, 2.24) is 4.98 Å². The van der Waals surface area contributed by atoms with E-state index in [1.54, 1.807) is 0 Å². The third-order valence-electron chi connectivity index (χ3n) is 4.12. The van der Waals surface area contributed by atoms with E-state index in [1.165, 1.54) is 0 Å². The van der Waals surface area contributed by atoms with Crippen LogP contribution in [0.2, 0.25) is 0 Å². The van der Waals surface area contributed by atoms with Crippen molar-refractivity contribution in [2.45, 2.75) is 38.7 Å². The van der Waals surface area contributed by atoms with Crippen LogP contribution in [-0.2, 0) is 4.79 Å². The van der Waals surface area contributed by atoms with Gasteiger partial charge in [0.05, 0.1) is 17.3 Å². The lowest BCUT2D eigenvalue weighted by molar-refractivity contribution is -0.121. The molecule has 20 heavy (non-hydrogen) atoms. The van der Waals surface area contributed by atoms with E-state index in [4.69, 9.17) is 0 Å². The van der Waals surface area contributed by atoms with Crippen molar-refractivity contribution in [1.29, 1.82) is 0 Å². The summed E-state index contributed by atoms with van der Waals surface area (Å²) in [6, 6.07) is 7.98. The summed E-state index contributed by atoms with van der Waals surface area (Å²) in [6.07, 6.45) is 2.77. The number of aryl methyl sites for hydroxylation is 1. The molecule has 4 heteroatoms. The first-order chi connectivity index (χ1) is 9.63. The molecular weight excluding hydrogens is 252 g/mol. The number of carbonyl (C=O) groups excluding carboxylic acids is 1. The van der Waals surface area contributed by atoms with Crippen molar-refractivity contribution < 1.29 is 9.90 Å². The minimum absolute atomic E-state index is 0.0183. The van der Waals surface area contributed by atoms with Crippen molar-refractivity contribution in [2.24, 2.45) is 5.92 Å². The van der Waals surface area contributed by atoms with Crippen LogP contribution in [0.3, 0.4) is 0 Å². The molecule has 1 fully saturated rings. The summed E-state index contributed by atoms with van der Waals surface area (Å²) in [5.74, 6) is 0.0846. The van der Waals surface area contributed by atoms with Gasteiger partial charge in [-0.1, -0.05) is 12.1 Å². The quantitative estimate of drug-likeness (QED) is 0.787. The van der Waals surface area contributed by atoms with E-state index in [0.29, 0.717) is 0 Å². The van der Waals surface area contributed by atoms with Gasteiger partial charge in [0.25, 0.3) is 0 Å². The molecule has 1 aliphatic rings. The number of H-pyrrole nitrogens is 1. The second-order valence-corrected chi connectivity index (χ2v) is 5.72. The molecule has 2 aromatic rings. The molecule has 0 spiro atoms. The first-order valence-electron chi connectivity index (χ1n) is 7.21. The highest BCUT2D eigenvalue weighted by Gasteiger charge is 2.25. The van der Waals surface area contributed by atoms with Crippen molar-refractivity contribution in [3.8, 4) is 0 Å². The highest BCUT2D eigenvalue weighted by atomic mass is 16.3. The molecule has 0 aliphatic heterocycles. The number of para-hydroxylation sites is 1. The normalized spacial score (nSPS) is 22.9. The van der Waals surface area contributed by atoms with E-state index in [-0.39, 0.29) is 17.9 Å². The number of anilines is 1. The molecule has 0 unspecified atom stereocenters. The number of hydrogen-bond acceptors (Lipinski definition) is 2. The Morgan fingerprint density at radius 3 is 2.80 bits per heavy atom. The van der Waals surface area contributed by atoms with Gasteiger partial charge in [0.1, 0.15) is 0 Å². The minimum Gasteiger partial charge on any atom is -0.393 e. The maximum atomic E-state index is 12.3. The molecule has 1 saturated carbocycles. The van der Waals surface area contributed by atoms with E-state index >= 15 is 0 Å². The summed E-state index contributed by atoms with van der Waals surface area (Å²) in [4.78, 5) is 15.6. The number of rotatable bonds is 2. The van der Waals surface area contributed by atoms with E-state index < -0.39 is 0 Å². The van der Waals surface area contributed by atoms with Gasteiger partial charge in [0.15, 0.2) is 0 Å². The topological polar surface area (TPSA) is 65.1 Å². The van der Waals surface area contributed by atoms with Gasteiger partial charge in [-0.3, -0.25) is 4.79 Å². The number of nitrogens with one attached hydrogen (secondary N) is 2. The molecule has 0 radical (unpaired) electrons. The number of benzene rings is 1. The smallest absolute Gasteiger partial charge is 0.227 e. The largest absolute Gasteiger partial charge is 0.393 e. The second kappa shape index (κ2) is 5.29. The Bertz CT molecular complexity index is 624. The van der Waals surface area contributed by atoms with Gasteiger partial charge in [0, 0.05) is 17.0 Å². The summed E-state index contributed by atoms with van der Waals surface area (Å²) >= 11 is 0. The highest BCUT2D eigenvalue weighted by Crippen LogP contribution is 2.28. The van der Waals surface area contributed by atoms with E-state index in [0.717, 1.165) is 48.0 Å². The molecule has 1 aromatic carbocycles. The fourth-order valence-corrected chi connectivity index (χ4v) is 2.97. The summed E-state index contributed by atoms with van der Waals surface area (Å²) in [5.41, 5.74) is 2.91. The second-order valence-electron chi connectivity index (χ2n) is 5.72. The standard InChI is InChI=1S/C16H20N2O2/c1-10-9-12-3-2-4-14(15(12)17-10)18-16(20)11-5-7-13(19)8-6-11/h2-4,9,11,13,17,19H,5-8H2,1H3,(H,18,20). The maximum Gasteiger partial charge on any atom is 0.227 e. The molecular formula is C16H20N2O2. The van der Waals surface area contributed by atoms with E-state index in [9.17, 15) is 9.90 Å². The first-order valence-corrected chi connectivity index (χ1v) is 7.21. The summed E-state index contributed by atoms with van der Waals surface area (Å²) in [5, 5.41) is 13.6. The van der Waals surface area contributed by atoms with Crippen molar-refractivity contribution >= 4 is 22.5 Å². The molecule has 0 bridgehead atoms. The monoisotopic (exact) mass is 272 g/mol. The Hall–Kier alpha value is -1.81. The Balaban J connectivity index is 1.77. The molecule has 0 atom stereocenters. The lowest BCUT2D eigenvalue weighted by atomic mass is 9.87.